The quantitative estimate of drug-likeness (QED) is 0.401. The number of nitrogens with one attached hydrogen (secondary N) is 2. The molecule has 5 N–H and O–H groups in total. The lowest BCUT2D eigenvalue weighted by Gasteiger charge is -2.42. The number of amides is 1. The number of fused-ring (bicyclic) bond motifs is 1. The summed E-state index contributed by atoms with van der Waals surface area (Å²) >= 11 is 0. The van der Waals surface area contributed by atoms with Crippen LogP contribution in [0.1, 0.15) is 48.3 Å². The van der Waals surface area contributed by atoms with Crippen molar-refractivity contribution in [1.29, 1.82) is 0 Å². The second-order valence-electron chi connectivity index (χ2n) is 9.80. The predicted octanol–water partition coefficient (Wildman–Crippen LogP) is 3.23. The number of piperidine rings is 1. The Hall–Kier alpha value is -3.93. The molecule has 2 aromatic carbocycles. The topological polar surface area (TPSA) is 116 Å². The normalized spacial score (nSPS) is 17.6. The molecule has 1 atom stereocenters. The highest BCUT2D eigenvalue weighted by Gasteiger charge is 2.46. The van der Waals surface area contributed by atoms with E-state index in [1.54, 1.807) is 6.20 Å². The molecular formula is C29H32N6O2. The summed E-state index contributed by atoms with van der Waals surface area (Å²) in [5.74, 6) is 6.67. The maximum atomic E-state index is 11.2. The lowest BCUT2D eigenvalue weighted by Crippen LogP contribution is -2.45. The third-order valence-electron chi connectivity index (χ3n) is 7.40. The van der Waals surface area contributed by atoms with Gasteiger partial charge in [0.15, 0.2) is 5.82 Å². The summed E-state index contributed by atoms with van der Waals surface area (Å²) in [5, 5.41) is 16.0. The van der Waals surface area contributed by atoms with Crippen molar-refractivity contribution in [2.75, 3.05) is 35.2 Å². The van der Waals surface area contributed by atoms with Crippen molar-refractivity contribution in [1.82, 2.24) is 9.97 Å². The molecule has 1 saturated heterocycles. The fourth-order valence-electron chi connectivity index (χ4n) is 5.51. The number of nitrogens with two attached hydrogens (primary N) is 1. The number of aromatic nitrogens is 2. The predicted molar refractivity (Wildman–Crippen MR) is 145 cm³/mol. The molecule has 0 radical (unpaired) electrons. The highest BCUT2D eigenvalue weighted by molar-refractivity contribution is 5.89. The molecule has 37 heavy (non-hydrogen) atoms. The van der Waals surface area contributed by atoms with E-state index >= 15 is 0 Å². The van der Waals surface area contributed by atoms with Crippen molar-refractivity contribution in [3.8, 4) is 11.8 Å². The molecule has 5 rings (SSSR count). The molecule has 2 aliphatic rings. The van der Waals surface area contributed by atoms with Gasteiger partial charge in [-0.15, -0.1) is 0 Å². The minimum absolute atomic E-state index is 0.0633. The van der Waals surface area contributed by atoms with Crippen LogP contribution in [0.2, 0.25) is 0 Å². The number of aliphatic hydroxyl groups excluding tert-OH is 1. The molecule has 8 nitrogen and oxygen atoms in total. The van der Waals surface area contributed by atoms with Gasteiger partial charge in [0.25, 0.3) is 0 Å². The van der Waals surface area contributed by atoms with Gasteiger partial charge in [-0.2, -0.15) is 0 Å². The molecule has 1 spiro atoms. The van der Waals surface area contributed by atoms with Gasteiger partial charge in [0.1, 0.15) is 11.4 Å². The number of hydrogen-bond acceptors (Lipinski definition) is 7. The summed E-state index contributed by atoms with van der Waals surface area (Å²) in [6, 6.07) is 16.0. The monoisotopic (exact) mass is 496 g/mol. The Bertz CT molecular complexity index is 1350. The van der Waals surface area contributed by atoms with Gasteiger partial charge in [0.05, 0.1) is 19.3 Å². The highest BCUT2D eigenvalue weighted by atomic mass is 16.3. The molecule has 1 aliphatic carbocycles. The third kappa shape index (κ3) is 5.29. The number of nitrogens with zero attached hydrogens (tertiary/aromatic N) is 3. The van der Waals surface area contributed by atoms with Crippen LogP contribution in [0.5, 0.6) is 0 Å². The van der Waals surface area contributed by atoms with Crippen LogP contribution >= 0.6 is 0 Å². The van der Waals surface area contributed by atoms with Crippen molar-refractivity contribution in [3.05, 3.63) is 77.2 Å². The minimum atomic E-state index is -0.196. The van der Waals surface area contributed by atoms with Crippen molar-refractivity contribution < 1.29 is 9.90 Å². The Balaban J connectivity index is 1.21. The van der Waals surface area contributed by atoms with Crippen LogP contribution < -0.4 is 21.3 Å². The van der Waals surface area contributed by atoms with E-state index < -0.39 is 0 Å². The van der Waals surface area contributed by atoms with E-state index in [1.807, 2.05) is 24.3 Å². The van der Waals surface area contributed by atoms with E-state index in [9.17, 15) is 9.90 Å². The fraction of sp³-hybridized carbons (Fsp3) is 0.345. The van der Waals surface area contributed by atoms with Crippen LogP contribution in [-0.4, -0.2) is 40.6 Å². The molecule has 1 amide bonds. The van der Waals surface area contributed by atoms with E-state index in [0.717, 1.165) is 49.5 Å². The Morgan fingerprint density at radius 3 is 2.73 bits per heavy atom. The summed E-state index contributed by atoms with van der Waals surface area (Å²) in [7, 11) is 0. The zero-order valence-electron chi connectivity index (χ0n) is 21.0. The number of anilines is 3. The van der Waals surface area contributed by atoms with Crippen molar-refractivity contribution in [2.45, 2.75) is 38.8 Å². The van der Waals surface area contributed by atoms with E-state index in [2.05, 4.69) is 61.6 Å². The van der Waals surface area contributed by atoms with Gasteiger partial charge in [0.2, 0.25) is 5.91 Å². The number of carbonyl (C=O) groups is 1. The second-order valence-corrected chi connectivity index (χ2v) is 9.80. The van der Waals surface area contributed by atoms with E-state index in [1.165, 1.54) is 18.1 Å². The molecule has 1 aliphatic heterocycles. The first-order valence-corrected chi connectivity index (χ1v) is 12.6. The van der Waals surface area contributed by atoms with E-state index in [4.69, 9.17) is 5.73 Å². The second kappa shape index (κ2) is 10.6. The molecule has 190 valence electrons. The summed E-state index contributed by atoms with van der Waals surface area (Å²) in [4.78, 5) is 22.6. The first kappa shape index (κ1) is 24.8. The fourth-order valence-corrected chi connectivity index (χ4v) is 5.51. The zero-order chi connectivity index (χ0) is 25.8. The Kier molecular flexibility index (Phi) is 7.08. The number of hydrogen-bond donors (Lipinski definition) is 4. The average molecular weight is 497 g/mol. The van der Waals surface area contributed by atoms with Crippen molar-refractivity contribution >= 4 is 23.1 Å². The van der Waals surface area contributed by atoms with Gasteiger partial charge in [0, 0.05) is 37.4 Å². The third-order valence-corrected chi connectivity index (χ3v) is 7.40. The van der Waals surface area contributed by atoms with E-state index in [0.29, 0.717) is 17.9 Å². The van der Waals surface area contributed by atoms with Crippen LogP contribution in [0.25, 0.3) is 0 Å². The molecule has 0 unspecified atom stereocenters. The molecule has 2 heterocycles. The summed E-state index contributed by atoms with van der Waals surface area (Å²) in [6.07, 6.45) is 4.65. The maximum absolute atomic E-state index is 11.2. The Morgan fingerprint density at radius 2 is 1.97 bits per heavy atom. The van der Waals surface area contributed by atoms with Gasteiger partial charge in [-0.1, -0.05) is 36.3 Å². The number of aliphatic hydroxyl groups is 1. The summed E-state index contributed by atoms with van der Waals surface area (Å²) in [5.41, 5.74) is 12.1. The maximum Gasteiger partial charge on any atom is 0.221 e. The number of carbonyl (C=O) groups excluding carboxylic acids is 1. The van der Waals surface area contributed by atoms with Gasteiger partial charge >= 0.3 is 0 Å². The summed E-state index contributed by atoms with van der Waals surface area (Å²) < 4.78 is 0. The largest absolute Gasteiger partial charge is 0.390 e. The Morgan fingerprint density at radius 1 is 1.19 bits per heavy atom. The van der Waals surface area contributed by atoms with Crippen LogP contribution in [0.3, 0.4) is 0 Å². The first-order valence-electron chi connectivity index (χ1n) is 12.6. The van der Waals surface area contributed by atoms with E-state index in [-0.39, 0.29) is 24.0 Å². The molecular weight excluding hydrogens is 464 g/mol. The zero-order valence-corrected chi connectivity index (χ0v) is 21.0. The van der Waals surface area contributed by atoms with Crippen LogP contribution in [0.15, 0.2) is 54.7 Å². The first-order chi connectivity index (χ1) is 18.0. The number of rotatable bonds is 5. The van der Waals surface area contributed by atoms with Crippen molar-refractivity contribution in [3.63, 3.8) is 0 Å². The van der Waals surface area contributed by atoms with Crippen LogP contribution in [0.4, 0.5) is 17.2 Å². The lowest BCUT2D eigenvalue weighted by atomic mass is 9.73. The van der Waals surface area contributed by atoms with Crippen LogP contribution in [0, 0.1) is 17.3 Å². The smallest absolute Gasteiger partial charge is 0.221 e. The number of benzene rings is 2. The van der Waals surface area contributed by atoms with Gasteiger partial charge in [-0.3, -0.25) is 4.79 Å². The molecule has 1 aromatic heterocycles. The van der Waals surface area contributed by atoms with Crippen molar-refractivity contribution in [2.24, 2.45) is 11.1 Å². The van der Waals surface area contributed by atoms with Gasteiger partial charge in [-0.05, 0) is 59.9 Å². The van der Waals surface area contributed by atoms with Crippen LogP contribution in [-0.2, 0) is 17.8 Å². The molecule has 0 bridgehead atoms. The highest BCUT2D eigenvalue weighted by Crippen LogP contribution is 2.50. The molecule has 0 saturated carbocycles. The Labute approximate surface area is 217 Å². The molecule has 1 fully saturated rings. The lowest BCUT2D eigenvalue weighted by molar-refractivity contribution is -0.114. The minimum Gasteiger partial charge on any atom is -0.390 e. The summed E-state index contributed by atoms with van der Waals surface area (Å²) in [6.45, 7) is 3.34. The standard InChI is InChI=1S/C29H32N6O2/c1-20(37)33-23-8-4-7-22(16-23)31-13-5-9-24-18-32-28(26(19-36)34-24)35-14-11-29(12-15-35)17-21-6-2-3-10-25(21)27(29)30/h2-4,6-8,10,16,18,27,31,36H,11-15,17,19,30H2,1H3,(H,33,37)/t27-/m1/s1. The molecule has 3 aromatic rings. The molecule has 8 heteroatoms. The average Bonchev–Trinajstić information content (AvgIpc) is 3.18. The van der Waals surface area contributed by atoms with Gasteiger partial charge in [-0.25, -0.2) is 9.97 Å². The SMILES string of the molecule is CC(=O)Nc1cccc(NCC#Cc2cnc(N3CCC4(CC3)Cc3ccccc3[C@H]4N)c(CO)n2)c1. The van der Waals surface area contributed by atoms with Gasteiger partial charge < -0.3 is 26.4 Å².